The number of Topliss-reactive ketones (excluding diaryl/α,β-unsaturated/α-hetero) is 1. The lowest BCUT2D eigenvalue weighted by atomic mass is 9.69. The summed E-state index contributed by atoms with van der Waals surface area (Å²) >= 11 is 0. The summed E-state index contributed by atoms with van der Waals surface area (Å²) in [5.74, 6) is 0.537. The maximum atomic E-state index is 12.6. The van der Waals surface area contributed by atoms with Crippen LogP contribution in [0.5, 0.6) is 0 Å². The van der Waals surface area contributed by atoms with E-state index < -0.39 is 9.84 Å². The first-order valence-corrected chi connectivity index (χ1v) is 9.87. The second-order valence-corrected chi connectivity index (χ2v) is 9.98. The Labute approximate surface area is 123 Å². The number of hydrogen-bond donors (Lipinski definition) is 0. The van der Waals surface area contributed by atoms with Gasteiger partial charge in [-0.25, -0.2) is 8.42 Å². The summed E-state index contributed by atoms with van der Waals surface area (Å²) < 4.78 is 23.4. The predicted molar refractivity (Wildman–Crippen MR) is 81.3 cm³/mol. The van der Waals surface area contributed by atoms with Crippen LogP contribution in [0.2, 0.25) is 0 Å². The molecule has 20 heavy (non-hydrogen) atoms. The summed E-state index contributed by atoms with van der Waals surface area (Å²) in [6.45, 7) is 4.54. The fourth-order valence-electron chi connectivity index (χ4n) is 3.81. The Bertz CT molecular complexity index is 454. The fraction of sp³-hybridized carbons (Fsp3) is 0.938. The summed E-state index contributed by atoms with van der Waals surface area (Å²) in [7, 11) is -2.99. The van der Waals surface area contributed by atoms with E-state index in [9.17, 15) is 13.2 Å². The summed E-state index contributed by atoms with van der Waals surface area (Å²) in [6.07, 6.45) is 8.61. The van der Waals surface area contributed by atoms with Crippen molar-refractivity contribution in [3.05, 3.63) is 0 Å². The Morgan fingerprint density at radius 1 is 1.00 bits per heavy atom. The van der Waals surface area contributed by atoms with Crippen molar-refractivity contribution in [2.75, 3.05) is 6.26 Å². The maximum absolute atomic E-state index is 12.6. The fourth-order valence-corrected chi connectivity index (χ4v) is 4.99. The van der Waals surface area contributed by atoms with E-state index in [2.05, 4.69) is 13.8 Å². The van der Waals surface area contributed by atoms with Crippen LogP contribution in [0, 0.1) is 17.3 Å². The van der Waals surface area contributed by atoms with Gasteiger partial charge in [0, 0.05) is 18.1 Å². The smallest absolute Gasteiger partial charge is 0.150 e. The third kappa shape index (κ3) is 3.84. The van der Waals surface area contributed by atoms with Crippen molar-refractivity contribution < 1.29 is 13.2 Å². The van der Waals surface area contributed by atoms with Crippen LogP contribution in [0.3, 0.4) is 0 Å². The maximum Gasteiger partial charge on any atom is 0.150 e. The molecular formula is C16H28O3S. The van der Waals surface area contributed by atoms with E-state index in [-0.39, 0.29) is 17.1 Å². The Hall–Kier alpha value is -0.380. The number of hydrogen-bond acceptors (Lipinski definition) is 3. The van der Waals surface area contributed by atoms with Crippen molar-refractivity contribution >= 4 is 15.6 Å². The lowest BCUT2D eigenvalue weighted by Gasteiger charge is -2.36. The molecule has 2 unspecified atom stereocenters. The molecular weight excluding hydrogens is 272 g/mol. The number of rotatable bonds is 3. The molecule has 2 aliphatic carbocycles. The van der Waals surface area contributed by atoms with Gasteiger partial charge >= 0.3 is 0 Å². The van der Waals surface area contributed by atoms with Gasteiger partial charge in [0.2, 0.25) is 0 Å². The third-order valence-electron chi connectivity index (χ3n) is 5.38. The Balaban J connectivity index is 1.96. The molecule has 0 aromatic heterocycles. The summed E-state index contributed by atoms with van der Waals surface area (Å²) in [5, 5.41) is -0.287. The van der Waals surface area contributed by atoms with Crippen LogP contribution in [0.25, 0.3) is 0 Å². The molecule has 2 rings (SSSR count). The van der Waals surface area contributed by atoms with Crippen LogP contribution < -0.4 is 0 Å². The first kappa shape index (κ1) is 16.0. The van der Waals surface area contributed by atoms with E-state index in [1.165, 1.54) is 6.26 Å². The quantitative estimate of drug-likeness (QED) is 0.803. The standard InChI is InChI=1S/C16H28O3S/c1-16(2)9-7-12(8-10-16)15(17)13-5-4-6-14(11-13)20(3,18)19/h12-14H,4-11H2,1-3H3. The molecule has 3 nitrogen and oxygen atoms in total. The minimum absolute atomic E-state index is 0.00492. The molecule has 0 radical (unpaired) electrons. The predicted octanol–water partition coefficient (Wildman–Crippen LogP) is 3.38. The zero-order valence-corrected chi connectivity index (χ0v) is 13.8. The van der Waals surface area contributed by atoms with Crippen molar-refractivity contribution in [1.29, 1.82) is 0 Å². The first-order valence-electron chi connectivity index (χ1n) is 7.92. The van der Waals surface area contributed by atoms with Crippen LogP contribution in [-0.4, -0.2) is 25.7 Å². The molecule has 0 saturated heterocycles. The second-order valence-electron chi connectivity index (χ2n) is 7.66. The van der Waals surface area contributed by atoms with Crippen LogP contribution >= 0.6 is 0 Å². The number of carbonyl (C=O) groups is 1. The average molecular weight is 300 g/mol. The molecule has 0 aliphatic heterocycles. The van der Waals surface area contributed by atoms with Crippen molar-refractivity contribution in [1.82, 2.24) is 0 Å². The SMILES string of the molecule is CC1(C)CCC(C(=O)C2CCCC(S(C)(=O)=O)C2)CC1. The molecule has 0 heterocycles. The Kier molecular flexibility index (Phi) is 4.63. The molecule has 2 atom stereocenters. The van der Waals surface area contributed by atoms with E-state index in [0.29, 0.717) is 17.6 Å². The van der Waals surface area contributed by atoms with E-state index in [1.54, 1.807) is 0 Å². The molecule has 2 saturated carbocycles. The highest BCUT2D eigenvalue weighted by Crippen LogP contribution is 2.41. The minimum Gasteiger partial charge on any atom is -0.299 e. The summed E-state index contributed by atoms with van der Waals surface area (Å²) in [6, 6.07) is 0. The van der Waals surface area contributed by atoms with E-state index in [0.717, 1.165) is 44.9 Å². The molecule has 0 spiro atoms. The molecule has 2 fully saturated rings. The summed E-state index contributed by atoms with van der Waals surface area (Å²) in [5.41, 5.74) is 0.374. The van der Waals surface area contributed by atoms with E-state index >= 15 is 0 Å². The van der Waals surface area contributed by atoms with Crippen LogP contribution in [-0.2, 0) is 14.6 Å². The van der Waals surface area contributed by atoms with Crippen molar-refractivity contribution in [3.63, 3.8) is 0 Å². The van der Waals surface area contributed by atoms with Gasteiger partial charge in [0.05, 0.1) is 5.25 Å². The molecule has 4 heteroatoms. The molecule has 0 N–H and O–H groups in total. The van der Waals surface area contributed by atoms with Gasteiger partial charge in [-0.2, -0.15) is 0 Å². The van der Waals surface area contributed by atoms with Gasteiger partial charge in [0.15, 0.2) is 0 Å². The number of ketones is 1. The Morgan fingerprint density at radius 3 is 2.15 bits per heavy atom. The van der Waals surface area contributed by atoms with Gasteiger partial charge in [0.25, 0.3) is 0 Å². The highest BCUT2D eigenvalue weighted by Gasteiger charge is 2.37. The molecule has 2 aliphatic rings. The van der Waals surface area contributed by atoms with Crippen LogP contribution in [0.15, 0.2) is 0 Å². The monoisotopic (exact) mass is 300 g/mol. The largest absolute Gasteiger partial charge is 0.299 e. The van der Waals surface area contributed by atoms with Gasteiger partial charge in [0.1, 0.15) is 15.6 Å². The lowest BCUT2D eigenvalue weighted by molar-refractivity contribution is -0.129. The molecule has 0 amide bonds. The lowest BCUT2D eigenvalue weighted by Crippen LogP contribution is -2.35. The molecule has 0 aromatic carbocycles. The van der Waals surface area contributed by atoms with Gasteiger partial charge in [-0.3, -0.25) is 4.79 Å². The van der Waals surface area contributed by atoms with Gasteiger partial charge < -0.3 is 0 Å². The highest BCUT2D eigenvalue weighted by molar-refractivity contribution is 7.91. The van der Waals surface area contributed by atoms with Crippen LogP contribution in [0.4, 0.5) is 0 Å². The topological polar surface area (TPSA) is 51.2 Å². The second kappa shape index (κ2) is 5.78. The van der Waals surface area contributed by atoms with Crippen molar-refractivity contribution in [2.24, 2.45) is 17.3 Å². The highest BCUT2D eigenvalue weighted by atomic mass is 32.2. The van der Waals surface area contributed by atoms with Crippen molar-refractivity contribution in [3.8, 4) is 0 Å². The van der Waals surface area contributed by atoms with E-state index in [4.69, 9.17) is 0 Å². The zero-order chi connectivity index (χ0) is 15.0. The first-order chi connectivity index (χ1) is 9.19. The van der Waals surface area contributed by atoms with Crippen LogP contribution in [0.1, 0.15) is 65.2 Å². The van der Waals surface area contributed by atoms with Gasteiger partial charge in [-0.05, 0) is 50.4 Å². The van der Waals surface area contributed by atoms with Gasteiger partial charge in [-0.1, -0.05) is 20.3 Å². The molecule has 116 valence electrons. The average Bonchev–Trinajstić information content (AvgIpc) is 2.37. The van der Waals surface area contributed by atoms with Gasteiger partial charge in [-0.15, -0.1) is 0 Å². The van der Waals surface area contributed by atoms with Crippen molar-refractivity contribution in [2.45, 2.75) is 70.5 Å². The summed E-state index contributed by atoms with van der Waals surface area (Å²) in [4.78, 5) is 12.6. The number of sulfone groups is 1. The van der Waals surface area contributed by atoms with E-state index in [1.807, 2.05) is 0 Å². The Morgan fingerprint density at radius 2 is 1.60 bits per heavy atom. The molecule has 0 aromatic rings. The minimum atomic E-state index is -2.99. The third-order valence-corrected chi connectivity index (χ3v) is 7.01. The normalized spacial score (nSPS) is 31.9. The number of carbonyl (C=O) groups excluding carboxylic acids is 1. The molecule has 0 bridgehead atoms. The zero-order valence-electron chi connectivity index (χ0n) is 13.0.